The van der Waals surface area contributed by atoms with Gasteiger partial charge in [-0.3, -0.25) is 4.79 Å². The number of sulfonamides is 1. The van der Waals surface area contributed by atoms with Gasteiger partial charge in [0.15, 0.2) is 0 Å². The number of rotatable bonds is 7. The zero-order valence-electron chi connectivity index (χ0n) is 20.5. The SMILES string of the molecule is CC(C)N(Cc1nc(-c2ccccc2Cl)no1)C(=O)[C@H]1CCCN1S(=O)(=O)c1ccc2ccccc2c1. The van der Waals surface area contributed by atoms with Crippen molar-refractivity contribution in [2.45, 2.75) is 50.2 Å². The fourth-order valence-electron chi connectivity index (χ4n) is 4.66. The lowest BCUT2D eigenvalue weighted by molar-refractivity contribution is -0.137. The van der Waals surface area contributed by atoms with Crippen molar-refractivity contribution < 1.29 is 17.7 Å². The Bertz CT molecular complexity index is 1550. The number of fused-ring (bicyclic) bond motifs is 1. The van der Waals surface area contributed by atoms with E-state index in [1.54, 1.807) is 35.2 Å². The van der Waals surface area contributed by atoms with Crippen molar-refractivity contribution in [2.75, 3.05) is 6.54 Å². The molecule has 37 heavy (non-hydrogen) atoms. The van der Waals surface area contributed by atoms with Crippen molar-refractivity contribution in [1.29, 1.82) is 0 Å². The molecule has 1 aliphatic rings. The number of amides is 1. The quantitative estimate of drug-likeness (QED) is 0.323. The summed E-state index contributed by atoms with van der Waals surface area (Å²) in [5.41, 5.74) is 0.630. The lowest BCUT2D eigenvalue weighted by Gasteiger charge is -2.31. The predicted octanol–water partition coefficient (Wildman–Crippen LogP) is 5.13. The first kappa shape index (κ1) is 25.4. The molecule has 0 radical (unpaired) electrons. The van der Waals surface area contributed by atoms with E-state index in [-0.39, 0.29) is 35.8 Å². The van der Waals surface area contributed by atoms with Gasteiger partial charge >= 0.3 is 0 Å². The number of aromatic nitrogens is 2. The monoisotopic (exact) mass is 538 g/mol. The van der Waals surface area contributed by atoms with Crippen LogP contribution in [0.1, 0.15) is 32.6 Å². The van der Waals surface area contributed by atoms with Crippen LogP contribution in [-0.4, -0.2) is 52.3 Å². The van der Waals surface area contributed by atoms with Gasteiger partial charge in [-0.2, -0.15) is 9.29 Å². The second-order valence-corrected chi connectivity index (χ2v) is 11.6. The molecule has 4 aromatic rings. The Kier molecular flexibility index (Phi) is 7.02. The summed E-state index contributed by atoms with van der Waals surface area (Å²) in [6, 6.07) is 18.8. The molecule has 192 valence electrons. The predicted molar refractivity (Wildman–Crippen MR) is 141 cm³/mol. The molecular formula is C27H27ClN4O4S. The molecule has 0 saturated carbocycles. The van der Waals surface area contributed by atoms with Gasteiger partial charge in [0, 0.05) is 18.2 Å². The Morgan fingerprint density at radius 2 is 1.84 bits per heavy atom. The van der Waals surface area contributed by atoms with Crippen molar-refractivity contribution in [3.05, 3.63) is 77.6 Å². The lowest BCUT2D eigenvalue weighted by Crippen LogP contribution is -2.49. The fourth-order valence-corrected chi connectivity index (χ4v) is 6.57. The van der Waals surface area contributed by atoms with E-state index in [0.29, 0.717) is 29.3 Å². The fraction of sp³-hybridized carbons (Fsp3) is 0.296. The van der Waals surface area contributed by atoms with E-state index in [1.165, 1.54) is 4.31 Å². The van der Waals surface area contributed by atoms with E-state index < -0.39 is 16.1 Å². The molecule has 0 unspecified atom stereocenters. The largest absolute Gasteiger partial charge is 0.337 e. The van der Waals surface area contributed by atoms with Crippen LogP contribution in [-0.2, 0) is 21.4 Å². The molecule has 0 N–H and O–H groups in total. The molecule has 8 nitrogen and oxygen atoms in total. The Balaban J connectivity index is 1.39. The summed E-state index contributed by atoms with van der Waals surface area (Å²) < 4.78 is 34.0. The number of halogens is 1. The van der Waals surface area contributed by atoms with Gasteiger partial charge in [0.2, 0.25) is 27.6 Å². The van der Waals surface area contributed by atoms with Crippen LogP contribution in [0.25, 0.3) is 22.2 Å². The maximum absolute atomic E-state index is 13.7. The summed E-state index contributed by atoms with van der Waals surface area (Å²) >= 11 is 6.25. The van der Waals surface area contributed by atoms with Crippen molar-refractivity contribution in [1.82, 2.24) is 19.3 Å². The van der Waals surface area contributed by atoms with Crippen molar-refractivity contribution in [3.63, 3.8) is 0 Å². The third-order valence-electron chi connectivity index (χ3n) is 6.61. The maximum Gasteiger partial charge on any atom is 0.246 e. The van der Waals surface area contributed by atoms with Crippen LogP contribution >= 0.6 is 11.6 Å². The minimum Gasteiger partial charge on any atom is -0.337 e. The molecule has 0 spiro atoms. The summed E-state index contributed by atoms with van der Waals surface area (Å²) in [5, 5.41) is 6.30. The number of benzene rings is 3. The molecule has 1 amide bonds. The Hall–Kier alpha value is -3.27. The van der Waals surface area contributed by atoms with Crippen LogP contribution in [0.3, 0.4) is 0 Å². The van der Waals surface area contributed by atoms with Crippen LogP contribution in [0, 0.1) is 0 Å². The first-order valence-electron chi connectivity index (χ1n) is 12.1. The van der Waals surface area contributed by atoms with Gasteiger partial charge in [-0.05, 0) is 61.7 Å². The van der Waals surface area contributed by atoms with Crippen molar-refractivity contribution >= 4 is 38.3 Å². The molecule has 2 heterocycles. The molecule has 1 atom stereocenters. The third kappa shape index (κ3) is 4.99. The van der Waals surface area contributed by atoms with Gasteiger partial charge in [0.25, 0.3) is 0 Å². The second-order valence-electron chi connectivity index (χ2n) is 9.33. The van der Waals surface area contributed by atoms with Crippen LogP contribution < -0.4 is 0 Å². The normalized spacial score (nSPS) is 16.5. The standard InChI is InChI=1S/C27H27ClN4O4S/c1-18(2)31(17-25-29-26(30-36-25)22-10-5-6-11-23(22)28)27(33)24-12-7-15-32(24)37(34,35)21-14-13-19-8-3-4-9-20(19)16-21/h3-6,8-11,13-14,16,18,24H,7,12,15,17H2,1-2H3/t24-/m1/s1. The van der Waals surface area contributed by atoms with Gasteiger partial charge < -0.3 is 9.42 Å². The average Bonchev–Trinajstić information content (AvgIpc) is 3.57. The highest BCUT2D eigenvalue weighted by Gasteiger charge is 2.42. The second kappa shape index (κ2) is 10.2. The zero-order valence-corrected chi connectivity index (χ0v) is 22.1. The molecule has 1 aliphatic heterocycles. The van der Waals surface area contributed by atoms with Crippen LogP contribution in [0.5, 0.6) is 0 Å². The van der Waals surface area contributed by atoms with Gasteiger partial charge in [-0.1, -0.05) is 59.2 Å². The number of hydrogen-bond acceptors (Lipinski definition) is 6. The Labute approximate surface area is 220 Å². The van der Waals surface area contributed by atoms with Gasteiger partial charge in [0.1, 0.15) is 12.6 Å². The number of carbonyl (C=O) groups excluding carboxylic acids is 1. The van der Waals surface area contributed by atoms with E-state index in [2.05, 4.69) is 10.1 Å². The molecule has 1 saturated heterocycles. The van der Waals surface area contributed by atoms with E-state index >= 15 is 0 Å². The molecule has 0 bridgehead atoms. The van der Waals surface area contributed by atoms with E-state index in [1.807, 2.05) is 50.2 Å². The average molecular weight is 539 g/mol. The van der Waals surface area contributed by atoms with Crippen molar-refractivity contribution in [2.24, 2.45) is 0 Å². The Morgan fingerprint density at radius 3 is 2.59 bits per heavy atom. The molecule has 3 aromatic carbocycles. The number of nitrogens with zero attached hydrogens (tertiary/aromatic N) is 4. The highest BCUT2D eigenvalue weighted by atomic mass is 35.5. The molecule has 1 fully saturated rings. The summed E-state index contributed by atoms with van der Waals surface area (Å²) in [6.45, 7) is 4.10. The molecule has 0 aliphatic carbocycles. The summed E-state index contributed by atoms with van der Waals surface area (Å²) in [6.07, 6.45) is 1.05. The summed E-state index contributed by atoms with van der Waals surface area (Å²) in [7, 11) is -3.87. The van der Waals surface area contributed by atoms with Crippen LogP contribution in [0.2, 0.25) is 5.02 Å². The molecule has 10 heteroatoms. The van der Waals surface area contributed by atoms with Crippen LogP contribution in [0.4, 0.5) is 0 Å². The number of carbonyl (C=O) groups is 1. The topological polar surface area (TPSA) is 96.6 Å². The highest BCUT2D eigenvalue weighted by Crippen LogP contribution is 2.30. The summed E-state index contributed by atoms with van der Waals surface area (Å²) in [4.78, 5) is 19.9. The minimum absolute atomic E-state index is 0.0638. The van der Waals surface area contributed by atoms with Gasteiger partial charge in [0.05, 0.1) is 9.92 Å². The smallest absolute Gasteiger partial charge is 0.246 e. The zero-order chi connectivity index (χ0) is 26.2. The first-order chi connectivity index (χ1) is 17.8. The molecule has 1 aromatic heterocycles. The minimum atomic E-state index is -3.87. The Morgan fingerprint density at radius 1 is 1.11 bits per heavy atom. The van der Waals surface area contributed by atoms with E-state index in [4.69, 9.17) is 16.1 Å². The lowest BCUT2D eigenvalue weighted by atomic mass is 10.1. The van der Waals surface area contributed by atoms with E-state index in [9.17, 15) is 13.2 Å². The third-order valence-corrected chi connectivity index (χ3v) is 8.84. The van der Waals surface area contributed by atoms with Gasteiger partial charge in [-0.25, -0.2) is 8.42 Å². The maximum atomic E-state index is 13.7. The van der Waals surface area contributed by atoms with Crippen LogP contribution in [0.15, 0.2) is 76.1 Å². The van der Waals surface area contributed by atoms with E-state index in [0.717, 1.165) is 10.8 Å². The number of hydrogen-bond donors (Lipinski definition) is 0. The van der Waals surface area contributed by atoms with Crippen molar-refractivity contribution in [3.8, 4) is 11.4 Å². The summed E-state index contributed by atoms with van der Waals surface area (Å²) in [5.74, 6) is 0.298. The molecular weight excluding hydrogens is 512 g/mol. The highest BCUT2D eigenvalue weighted by molar-refractivity contribution is 7.89. The first-order valence-corrected chi connectivity index (χ1v) is 14.0. The van der Waals surface area contributed by atoms with Gasteiger partial charge in [-0.15, -0.1) is 0 Å². The molecule has 5 rings (SSSR count).